The highest BCUT2D eigenvalue weighted by Gasteiger charge is 2.43. The van der Waals surface area contributed by atoms with Gasteiger partial charge in [0.15, 0.2) is 0 Å². The Kier molecular flexibility index (Phi) is 6.85. The van der Waals surface area contributed by atoms with Crippen LogP contribution in [-0.4, -0.2) is 35.9 Å². The second-order valence-corrected chi connectivity index (χ2v) is 8.96. The fraction of sp³-hybridized carbons (Fsp3) is 0.286. The fourth-order valence-electron chi connectivity index (χ4n) is 4.95. The van der Waals surface area contributed by atoms with E-state index in [1.165, 1.54) is 16.7 Å². The number of carbonyl (C=O) groups excluding carboxylic acids is 2. The summed E-state index contributed by atoms with van der Waals surface area (Å²) in [5.74, 6) is 0.0206. The van der Waals surface area contributed by atoms with Crippen LogP contribution in [0.25, 0.3) is 5.57 Å². The number of nitrogens with zero attached hydrogens (tertiary/aromatic N) is 1. The lowest BCUT2D eigenvalue weighted by molar-refractivity contribution is -0.118. The summed E-state index contributed by atoms with van der Waals surface area (Å²) in [6.07, 6.45) is 6.36. The smallest absolute Gasteiger partial charge is 0.409 e. The maximum Gasteiger partial charge on any atom is 0.409 e. The number of hydrogen-bond donors (Lipinski definition) is 0. The van der Waals surface area contributed by atoms with Crippen molar-refractivity contribution in [2.75, 3.05) is 19.7 Å². The van der Waals surface area contributed by atoms with Crippen LogP contribution in [0.5, 0.6) is 0 Å². The van der Waals surface area contributed by atoms with Gasteiger partial charge in [-0.1, -0.05) is 85.0 Å². The van der Waals surface area contributed by atoms with Crippen molar-refractivity contribution < 1.29 is 14.3 Å². The summed E-state index contributed by atoms with van der Waals surface area (Å²) in [7, 11) is 0. The largest absolute Gasteiger partial charge is 0.448 e. The van der Waals surface area contributed by atoms with Crippen molar-refractivity contribution in [1.82, 2.24) is 4.90 Å². The lowest BCUT2D eigenvalue weighted by Crippen LogP contribution is -2.48. The number of allylic oxidation sites excluding steroid dienone is 4. The van der Waals surface area contributed by atoms with E-state index in [1.54, 1.807) is 11.0 Å². The molecule has 4 rings (SSSR count). The molecule has 1 aliphatic carbocycles. The third-order valence-corrected chi connectivity index (χ3v) is 7.29. The molecule has 0 saturated carbocycles. The molecule has 1 amide bonds. The van der Waals surface area contributed by atoms with Crippen LogP contribution in [0.15, 0.2) is 85.0 Å². The molecule has 33 heavy (non-hydrogen) atoms. The molecule has 1 atom stereocenters. The normalized spacial score (nSPS) is 19.5. The Morgan fingerprint density at radius 3 is 2.45 bits per heavy atom. The zero-order valence-electron chi connectivity index (χ0n) is 18.8. The van der Waals surface area contributed by atoms with Crippen molar-refractivity contribution in [1.29, 1.82) is 0 Å². The summed E-state index contributed by atoms with van der Waals surface area (Å²) in [4.78, 5) is 26.9. The second kappa shape index (κ2) is 9.80. The molecule has 2 aromatic carbocycles. The van der Waals surface area contributed by atoms with E-state index in [0.29, 0.717) is 25.9 Å². The Morgan fingerprint density at radius 1 is 1.12 bits per heavy atom. The zero-order chi connectivity index (χ0) is 23.4. The van der Waals surface area contributed by atoms with Crippen LogP contribution >= 0.6 is 11.6 Å². The Balaban J connectivity index is 1.43. The van der Waals surface area contributed by atoms with E-state index >= 15 is 0 Å². The molecule has 0 radical (unpaired) electrons. The van der Waals surface area contributed by atoms with E-state index in [1.807, 2.05) is 48.5 Å². The first-order valence-electron chi connectivity index (χ1n) is 11.2. The average molecular weight is 462 g/mol. The molecule has 170 valence electrons. The number of likely N-dealkylation sites (tertiary alicyclic amines) is 1. The number of hydrogen-bond acceptors (Lipinski definition) is 3. The third-order valence-electron chi connectivity index (χ3n) is 6.92. The van der Waals surface area contributed by atoms with Crippen LogP contribution in [-0.2, 0) is 14.9 Å². The Labute approximate surface area is 200 Å². The summed E-state index contributed by atoms with van der Waals surface area (Å²) in [6, 6.07) is 17.8. The van der Waals surface area contributed by atoms with Gasteiger partial charge in [0.05, 0.1) is 5.41 Å². The van der Waals surface area contributed by atoms with Gasteiger partial charge in [0, 0.05) is 19.0 Å². The number of ether oxygens (including phenoxy) is 1. The van der Waals surface area contributed by atoms with E-state index in [-0.39, 0.29) is 23.9 Å². The van der Waals surface area contributed by atoms with E-state index in [4.69, 9.17) is 16.3 Å². The molecule has 0 aromatic heterocycles. The molecule has 4 nitrogen and oxygen atoms in total. The highest BCUT2D eigenvalue weighted by atomic mass is 35.5. The molecule has 1 saturated heterocycles. The standard InChI is InChI=1S/C28H28ClNO3/c1-3-4-12-22-20(2)25(24-14-9-8-13-23(22)24)19-33-27(32)30-17-15-28(16-18-30,26(29)31)21-10-6-5-7-11-21/h3-14,25H,1,15-19H2,2H3/b12-4-. The number of carbonyl (C=O) groups is 2. The second-order valence-electron chi connectivity index (χ2n) is 8.62. The molecule has 5 heteroatoms. The fourth-order valence-corrected chi connectivity index (χ4v) is 5.25. The first kappa shape index (κ1) is 23.1. The van der Waals surface area contributed by atoms with Gasteiger partial charge >= 0.3 is 6.09 Å². The number of rotatable bonds is 6. The van der Waals surface area contributed by atoms with Crippen LogP contribution in [0.3, 0.4) is 0 Å². The SMILES string of the molecule is C=C/C=C\C1=C(C)C(COC(=O)N2CCC(C(=O)Cl)(c3ccccc3)CC2)c2ccccc21. The first-order valence-corrected chi connectivity index (χ1v) is 11.6. The molecule has 1 aliphatic heterocycles. The molecular weight excluding hydrogens is 434 g/mol. The quantitative estimate of drug-likeness (QED) is 0.378. The number of benzene rings is 2. The summed E-state index contributed by atoms with van der Waals surface area (Å²) in [6.45, 7) is 6.98. The molecule has 2 aromatic rings. The van der Waals surface area contributed by atoms with Gasteiger partial charge < -0.3 is 9.64 Å². The van der Waals surface area contributed by atoms with Gasteiger partial charge in [-0.25, -0.2) is 4.79 Å². The van der Waals surface area contributed by atoms with Crippen LogP contribution in [0.2, 0.25) is 0 Å². The van der Waals surface area contributed by atoms with Crippen molar-refractivity contribution in [3.05, 3.63) is 102 Å². The maximum atomic E-state index is 12.9. The molecule has 1 unspecified atom stereocenters. The predicted molar refractivity (Wildman–Crippen MR) is 132 cm³/mol. The number of piperidine rings is 1. The topological polar surface area (TPSA) is 46.6 Å². The van der Waals surface area contributed by atoms with E-state index in [0.717, 1.165) is 11.1 Å². The lowest BCUT2D eigenvalue weighted by Gasteiger charge is -2.39. The van der Waals surface area contributed by atoms with Gasteiger partial charge in [-0.15, -0.1) is 0 Å². The van der Waals surface area contributed by atoms with E-state index in [9.17, 15) is 9.59 Å². The minimum absolute atomic E-state index is 0.0206. The molecular formula is C28H28ClNO3. The number of fused-ring (bicyclic) bond motifs is 1. The van der Waals surface area contributed by atoms with Crippen molar-refractivity contribution in [3.8, 4) is 0 Å². The Morgan fingerprint density at radius 2 is 1.79 bits per heavy atom. The molecule has 2 aliphatic rings. The van der Waals surface area contributed by atoms with E-state index in [2.05, 4.69) is 31.7 Å². The Bertz CT molecular complexity index is 1110. The molecule has 0 bridgehead atoms. The predicted octanol–water partition coefficient (Wildman–Crippen LogP) is 6.24. The number of amides is 1. The minimum atomic E-state index is -0.754. The molecule has 0 spiro atoms. The van der Waals surface area contributed by atoms with Gasteiger partial charge in [-0.2, -0.15) is 0 Å². The Hall–Kier alpha value is -3.11. The van der Waals surface area contributed by atoms with Gasteiger partial charge in [0.25, 0.3) is 0 Å². The number of halogens is 1. The minimum Gasteiger partial charge on any atom is -0.448 e. The maximum absolute atomic E-state index is 12.9. The summed E-state index contributed by atoms with van der Waals surface area (Å²) in [5, 5.41) is -0.370. The van der Waals surface area contributed by atoms with Gasteiger partial charge in [0.1, 0.15) is 6.61 Å². The van der Waals surface area contributed by atoms with Crippen molar-refractivity contribution in [2.24, 2.45) is 0 Å². The van der Waals surface area contributed by atoms with Crippen molar-refractivity contribution in [3.63, 3.8) is 0 Å². The lowest BCUT2D eigenvalue weighted by atomic mass is 9.74. The van der Waals surface area contributed by atoms with Crippen LogP contribution < -0.4 is 0 Å². The summed E-state index contributed by atoms with van der Waals surface area (Å²) >= 11 is 6.05. The van der Waals surface area contributed by atoms with Crippen LogP contribution in [0.4, 0.5) is 4.79 Å². The van der Waals surface area contributed by atoms with E-state index < -0.39 is 5.41 Å². The highest BCUT2D eigenvalue weighted by molar-refractivity contribution is 6.65. The van der Waals surface area contributed by atoms with Gasteiger partial charge in [-0.05, 0) is 53.6 Å². The molecule has 1 fully saturated rings. The van der Waals surface area contributed by atoms with Crippen molar-refractivity contribution in [2.45, 2.75) is 31.1 Å². The van der Waals surface area contributed by atoms with Crippen LogP contribution in [0, 0.1) is 0 Å². The summed E-state index contributed by atoms with van der Waals surface area (Å²) < 4.78 is 5.77. The molecule has 0 N–H and O–H groups in total. The average Bonchev–Trinajstić information content (AvgIpc) is 3.12. The first-order chi connectivity index (χ1) is 16.0. The van der Waals surface area contributed by atoms with Gasteiger partial charge in [-0.3, -0.25) is 4.79 Å². The van der Waals surface area contributed by atoms with Crippen LogP contribution in [0.1, 0.15) is 42.4 Å². The van der Waals surface area contributed by atoms with Crippen molar-refractivity contribution >= 4 is 28.5 Å². The zero-order valence-corrected chi connectivity index (χ0v) is 19.6. The monoisotopic (exact) mass is 461 g/mol. The van der Waals surface area contributed by atoms with Gasteiger partial charge in [0.2, 0.25) is 5.24 Å². The highest BCUT2D eigenvalue weighted by Crippen LogP contribution is 2.43. The molecule has 1 heterocycles. The summed E-state index contributed by atoms with van der Waals surface area (Å²) in [5.41, 5.74) is 4.81. The third kappa shape index (κ3) is 4.40.